The Hall–Kier alpha value is -1.84. The molecule has 3 N–H and O–H groups in total. The molecule has 0 aliphatic carbocycles. The van der Waals surface area contributed by atoms with Gasteiger partial charge < -0.3 is 5.32 Å². The first-order valence-corrected chi connectivity index (χ1v) is 7.47. The van der Waals surface area contributed by atoms with Crippen LogP contribution in [0.2, 0.25) is 0 Å². The second-order valence-electron chi connectivity index (χ2n) is 4.19. The van der Waals surface area contributed by atoms with Crippen molar-refractivity contribution in [2.75, 3.05) is 7.05 Å². The fourth-order valence-corrected chi connectivity index (χ4v) is 3.14. The van der Waals surface area contributed by atoms with Gasteiger partial charge in [0, 0.05) is 12.7 Å². The predicted molar refractivity (Wildman–Crippen MR) is 72.1 cm³/mol. The van der Waals surface area contributed by atoms with Gasteiger partial charge >= 0.3 is 0 Å². The van der Waals surface area contributed by atoms with Crippen molar-refractivity contribution in [1.29, 1.82) is 0 Å². The summed E-state index contributed by atoms with van der Waals surface area (Å²) >= 11 is 0. The van der Waals surface area contributed by atoms with Gasteiger partial charge in [0.05, 0.1) is 23.6 Å². The van der Waals surface area contributed by atoms with Crippen molar-refractivity contribution in [3.8, 4) is 0 Å². The first kappa shape index (κ1) is 14.6. The zero-order valence-electron chi connectivity index (χ0n) is 11.2. The summed E-state index contributed by atoms with van der Waals surface area (Å²) in [7, 11) is -1.92. The van der Waals surface area contributed by atoms with Crippen LogP contribution in [-0.4, -0.2) is 35.9 Å². The first-order valence-electron chi connectivity index (χ1n) is 5.99. The summed E-state index contributed by atoms with van der Waals surface area (Å²) in [6.45, 7) is 2.12. The average molecular weight is 296 g/mol. The number of nitrogens with zero attached hydrogens (tertiary/aromatic N) is 3. The molecule has 2 rings (SSSR count). The largest absolute Gasteiger partial charge is 0.314 e. The monoisotopic (exact) mass is 296 g/mol. The summed E-state index contributed by atoms with van der Waals surface area (Å²) in [6, 6.07) is 3.40. The highest BCUT2D eigenvalue weighted by Gasteiger charge is 2.23. The van der Waals surface area contributed by atoms with Crippen LogP contribution in [0.25, 0.3) is 0 Å². The molecule has 0 unspecified atom stereocenters. The van der Waals surface area contributed by atoms with Gasteiger partial charge in [-0.15, -0.1) is 0 Å². The number of nitrogens with one attached hydrogen (secondary N) is 3. The summed E-state index contributed by atoms with van der Waals surface area (Å²) in [5.74, 6) is 0. The van der Waals surface area contributed by atoms with Gasteiger partial charge in [-0.3, -0.25) is 5.10 Å². The minimum atomic E-state index is -3.65. The number of aromatic nitrogens is 4. The summed E-state index contributed by atoms with van der Waals surface area (Å²) in [4.78, 5) is 0.177. The Labute approximate surface area is 117 Å². The highest BCUT2D eigenvalue weighted by molar-refractivity contribution is 7.89. The number of hydrogen-bond acceptors (Lipinski definition) is 6. The van der Waals surface area contributed by atoms with Gasteiger partial charge in [-0.25, -0.2) is 13.1 Å². The molecular formula is C11H16N6O2S. The smallest absolute Gasteiger partial charge is 0.244 e. The average Bonchev–Trinajstić information content (AvgIpc) is 2.80. The van der Waals surface area contributed by atoms with E-state index >= 15 is 0 Å². The third-order valence-electron chi connectivity index (χ3n) is 2.65. The summed E-state index contributed by atoms with van der Waals surface area (Å²) in [6.07, 6.45) is 1.53. The summed E-state index contributed by atoms with van der Waals surface area (Å²) in [5.41, 5.74) is 1.51. The molecule has 0 spiro atoms. The second kappa shape index (κ2) is 6.07. The van der Waals surface area contributed by atoms with Gasteiger partial charge in [-0.2, -0.15) is 15.3 Å². The topological polar surface area (TPSA) is 113 Å². The Kier molecular flexibility index (Phi) is 4.42. The molecule has 0 aromatic carbocycles. The molecule has 2 aromatic heterocycles. The highest BCUT2D eigenvalue weighted by atomic mass is 32.2. The van der Waals surface area contributed by atoms with E-state index in [1.54, 1.807) is 26.1 Å². The number of H-pyrrole nitrogens is 1. The standard InChI is InChI=1S/C11H16N6O2S/c1-8-11(10(7-12-2)17-15-8)20(18,19)14-6-9-4-3-5-13-16-9/h3-5,12,14H,6-7H2,1-2H3,(H,15,17). The number of aryl methyl sites for hydroxylation is 1. The molecule has 108 valence electrons. The van der Waals surface area contributed by atoms with Crippen LogP contribution in [0, 0.1) is 6.92 Å². The Bertz CT molecular complexity index is 667. The zero-order valence-corrected chi connectivity index (χ0v) is 12.0. The van der Waals surface area contributed by atoms with E-state index in [9.17, 15) is 8.42 Å². The van der Waals surface area contributed by atoms with Crippen molar-refractivity contribution in [2.45, 2.75) is 24.9 Å². The van der Waals surface area contributed by atoms with E-state index in [2.05, 4.69) is 30.4 Å². The van der Waals surface area contributed by atoms with Gasteiger partial charge in [0.1, 0.15) is 4.90 Å². The van der Waals surface area contributed by atoms with Gasteiger partial charge in [0.25, 0.3) is 0 Å². The molecule has 0 saturated carbocycles. The van der Waals surface area contributed by atoms with Crippen LogP contribution < -0.4 is 10.0 Å². The number of aromatic amines is 1. The van der Waals surface area contributed by atoms with E-state index in [1.807, 2.05) is 0 Å². The molecule has 2 aromatic rings. The van der Waals surface area contributed by atoms with Crippen LogP contribution in [0.5, 0.6) is 0 Å². The maximum Gasteiger partial charge on any atom is 0.244 e. The molecule has 0 radical (unpaired) electrons. The van der Waals surface area contributed by atoms with Crippen LogP contribution in [-0.2, 0) is 23.1 Å². The Morgan fingerprint density at radius 1 is 1.35 bits per heavy atom. The normalized spacial score (nSPS) is 11.7. The van der Waals surface area contributed by atoms with Crippen molar-refractivity contribution in [3.63, 3.8) is 0 Å². The van der Waals surface area contributed by atoms with E-state index in [4.69, 9.17) is 0 Å². The van der Waals surface area contributed by atoms with Gasteiger partial charge in [0.15, 0.2) is 0 Å². The molecular weight excluding hydrogens is 280 g/mol. The van der Waals surface area contributed by atoms with E-state index in [0.717, 1.165) is 0 Å². The number of hydrogen-bond donors (Lipinski definition) is 3. The van der Waals surface area contributed by atoms with Crippen molar-refractivity contribution in [2.24, 2.45) is 0 Å². The van der Waals surface area contributed by atoms with E-state index < -0.39 is 10.0 Å². The first-order chi connectivity index (χ1) is 9.54. The second-order valence-corrected chi connectivity index (χ2v) is 5.90. The predicted octanol–water partition coefficient (Wildman–Crippen LogP) is -0.294. The maximum atomic E-state index is 12.3. The zero-order chi connectivity index (χ0) is 14.6. The molecule has 0 amide bonds. The molecule has 0 saturated heterocycles. The van der Waals surface area contributed by atoms with Crippen molar-refractivity contribution in [3.05, 3.63) is 35.4 Å². The maximum absolute atomic E-state index is 12.3. The van der Waals surface area contributed by atoms with Gasteiger partial charge in [0.2, 0.25) is 10.0 Å². The molecule has 20 heavy (non-hydrogen) atoms. The Morgan fingerprint density at radius 3 is 2.80 bits per heavy atom. The van der Waals surface area contributed by atoms with Gasteiger partial charge in [-0.05, 0) is 26.1 Å². The lowest BCUT2D eigenvalue weighted by atomic mass is 10.4. The van der Waals surface area contributed by atoms with Crippen molar-refractivity contribution >= 4 is 10.0 Å². The van der Waals surface area contributed by atoms with Crippen LogP contribution in [0.15, 0.2) is 23.2 Å². The third-order valence-corrected chi connectivity index (χ3v) is 4.25. The van der Waals surface area contributed by atoms with Crippen LogP contribution >= 0.6 is 0 Å². The molecule has 8 nitrogen and oxygen atoms in total. The quantitative estimate of drug-likeness (QED) is 0.675. The van der Waals surface area contributed by atoms with E-state index in [1.165, 1.54) is 6.20 Å². The van der Waals surface area contributed by atoms with Crippen LogP contribution in [0.1, 0.15) is 17.1 Å². The SMILES string of the molecule is CNCc1n[nH]c(C)c1S(=O)(=O)NCc1cccnn1. The molecule has 9 heteroatoms. The lowest BCUT2D eigenvalue weighted by molar-refractivity contribution is 0.577. The van der Waals surface area contributed by atoms with Crippen LogP contribution in [0.4, 0.5) is 0 Å². The fraction of sp³-hybridized carbons (Fsp3) is 0.364. The molecule has 2 heterocycles. The highest BCUT2D eigenvalue weighted by Crippen LogP contribution is 2.17. The molecule has 0 fully saturated rings. The Morgan fingerprint density at radius 2 is 2.15 bits per heavy atom. The molecule has 0 atom stereocenters. The van der Waals surface area contributed by atoms with Crippen molar-refractivity contribution in [1.82, 2.24) is 30.4 Å². The fourth-order valence-electron chi connectivity index (χ4n) is 1.78. The minimum absolute atomic E-state index is 0.0831. The van der Waals surface area contributed by atoms with Gasteiger partial charge in [-0.1, -0.05) is 0 Å². The summed E-state index contributed by atoms with van der Waals surface area (Å²) < 4.78 is 27.2. The molecule has 0 aliphatic heterocycles. The molecule has 0 aliphatic rings. The Balaban J connectivity index is 2.20. The van der Waals surface area contributed by atoms with E-state index in [0.29, 0.717) is 23.6 Å². The lowest BCUT2D eigenvalue weighted by Crippen LogP contribution is -2.25. The van der Waals surface area contributed by atoms with Crippen molar-refractivity contribution < 1.29 is 8.42 Å². The lowest BCUT2D eigenvalue weighted by Gasteiger charge is -2.07. The van der Waals surface area contributed by atoms with Crippen LogP contribution in [0.3, 0.4) is 0 Å². The summed E-state index contributed by atoms with van der Waals surface area (Å²) in [5, 5.41) is 17.1. The minimum Gasteiger partial charge on any atom is -0.314 e. The van der Waals surface area contributed by atoms with E-state index in [-0.39, 0.29) is 11.4 Å². The number of sulfonamides is 1. The number of rotatable bonds is 6. The molecule has 0 bridgehead atoms. The third kappa shape index (κ3) is 3.18.